The van der Waals surface area contributed by atoms with Crippen molar-refractivity contribution in [3.8, 4) is 12.3 Å². The highest BCUT2D eigenvalue weighted by Crippen LogP contribution is 2.23. The van der Waals surface area contributed by atoms with Crippen LogP contribution in [0.2, 0.25) is 5.02 Å². The predicted octanol–water partition coefficient (Wildman–Crippen LogP) is 4.48. The topological polar surface area (TPSA) is 135 Å². The second kappa shape index (κ2) is 11.8. The molecule has 198 valence electrons. The number of carboxylic acids is 1. The van der Waals surface area contributed by atoms with Crippen LogP contribution in [-0.4, -0.2) is 51.7 Å². The molecule has 1 aromatic heterocycles. The van der Waals surface area contributed by atoms with Crippen LogP contribution in [0.3, 0.4) is 0 Å². The number of terminal acetylenes is 1. The van der Waals surface area contributed by atoms with Crippen LogP contribution in [-0.2, 0) is 4.79 Å². The molecule has 0 aliphatic carbocycles. The first-order valence-corrected chi connectivity index (χ1v) is 12.2. The Morgan fingerprint density at radius 2 is 1.77 bits per heavy atom. The van der Waals surface area contributed by atoms with Crippen molar-refractivity contribution in [2.45, 2.75) is 12.8 Å². The largest absolute Gasteiger partial charge is 0.481 e. The summed E-state index contributed by atoms with van der Waals surface area (Å²) in [6.45, 7) is 0.730. The fourth-order valence-corrected chi connectivity index (χ4v) is 4.24. The van der Waals surface area contributed by atoms with Gasteiger partial charge in [0, 0.05) is 30.4 Å². The van der Waals surface area contributed by atoms with Gasteiger partial charge in [-0.05, 0) is 55.3 Å². The standard InChI is InChI=1S/C28H23ClFN5O4/c1-2-16-3-7-23(21(13-16)27(37)34-24-8-5-19(29)15-32-24)33-26(36)20-6-4-18(14-22(20)30)25(31)35-11-9-17(10-12-35)28(38)39/h1,3-8,13-15,17,31H,9-12H2,(H,33,36)(H,38,39)(H,32,34,37). The molecule has 0 saturated carbocycles. The van der Waals surface area contributed by atoms with Gasteiger partial charge in [0.2, 0.25) is 0 Å². The summed E-state index contributed by atoms with van der Waals surface area (Å²) < 4.78 is 15.0. The monoisotopic (exact) mass is 547 g/mol. The maximum Gasteiger partial charge on any atom is 0.306 e. The Hall–Kier alpha value is -4.75. The Morgan fingerprint density at radius 3 is 2.38 bits per heavy atom. The highest BCUT2D eigenvalue weighted by molar-refractivity contribution is 6.30. The van der Waals surface area contributed by atoms with Crippen LogP contribution in [0.25, 0.3) is 0 Å². The van der Waals surface area contributed by atoms with Gasteiger partial charge in [-0.15, -0.1) is 6.42 Å². The Balaban J connectivity index is 1.50. The van der Waals surface area contributed by atoms with Crippen LogP contribution in [0.5, 0.6) is 0 Å². The number of rotatable bonds is 6. The molecule has 39 heavy (non-hydrogen) atoms. The molecule has 0 unspecified atom stereocenters. The number of carbonyl (C=O) groups is 3. The molecule has 0 spiro atoms. The molecule has 3 aromatic rings. The average molecular weight is 548 g/mol. The van der Waals surface area contributed by atoms with E-state index >= 15 is 4.39 Å². The highest BCUT2D eigenvalue weighted by atomic mass is 35.5. The summed E-state index contributed by atoms with van der Waals surface area (Å²) in [5.41, 5.74) is 0.500. The molecule has 0 atom stereocenters. The Bertz CT molecular complexity index is 1490. The number of anilines is 2. The van der Waals surface area contributed by atoms with E-state index in [9.17, 15) is 14.4 Å². The lowest BCUT2D eigenvalue weighted by Crippen LogP contribution is -2.40. The van der Waals surface area contributed by atoms with E-state index in [0.29, 0.717) is 36.5 Å². The molecule has 2 heterocycles. The van der Waals surface area contributed by atoms with E-state index in [1.54, 1.807) is 11.0 Å². The van der Waals surface area contributed by atoms with Gasteiger partial charge in [-0.1, -0.05) is 23.6 Å². The van der Waals surface area contributed by atoms with E-state index in [1.165, 1.54) is 42.6 Å². The molecule has 9 nitrogen and oxygen atoms in total. The van der Waals surface area contributed by atoms with Crippen molar-refractivity contribution >= 4 is 46.7 Å². The second-order valence-electron chi connectivity index (χ2n) is 8.82. The van der Waals surface area contributed by atoms with Crippen molar-refractivity contribution in [2.24, 2.45) is 5.92 Å². The normalized spacial score (nSPS) is 13.3. The molecule has 0 radical (unpaired) electrons. The van der Waals surface area contributed by atoms with Crippen LogP contribution in [0, 0.1) is 29.5 Å². The quantitative estimate of drug-likeness (QED) is 0.204. The lowest BCUT2D eigenvalue weighted by molar-refractivity contribution is -0.143. The third-order valence-electron chi connectivity index (χ3n) is 6.30. The number of hydrogen-bond donors (Lipinski definition) is 4. The number of halogens is 2. The maximum atomic E-state index is 15.0. The lowest BCUT2D eigenvalue weighted by Gasteiger charge is -2.32. The number of nitrogens with one attached hydrogen (secondary N) is 3. The molecular formula is C28H23ClFN5O4. The summed E-state index contributed by atoms with van der Waals surface area (Å²) in [6.07, 6.45) is 7.62. The summed E-state index contributed by atoms with van der Waals surface area (Å²) >= 11 is 5.83. The molecule has 2 aromatic carbocycles. The van der Waals surface area contributed by atoms with E-state index in [2.05, 4.69) is 21.5 Å². The number of hydrogen-bond acceptors (Lipinski definition) is 5. The zero-order chi connectivity index (χ0) is 28.1. The van der Waals surface area contributed by atoms with E-state index in [1.807, 2.05) is 0 Å². The van der Waals surface area contributed by atoms with Gasteiger partial charge in [-0.25, -0.2) is 9.37 Å². The SMILES string of the molecule is C#Cc1ccc(NC(=O)c2ccc(C(=N)N3CCC(C(=O)O)CC3)cc2F)c(C(=O)Nc2ccc(Cl)cn2)c1. The number of amides is 2. The molecular weight excluding hydrogens is 525 g/mol. The number of carboxylic acid groups (broad SMARTS) is 1. The van der Waals surface area contributed by atoms with Crippen molar-refractivity contribution in [3.63, 3.8) is 0 Å². The molecule has 1 fully saturated rings. The fourth-order valence-electron chi connectivity index (χ4n) is 4.13. The van der Waals surface area contributed by atoms with E-state index in [0.717, 1.165) is 6.07 Å². The Labute approximate surface area is 228 Å². The maximum absolute atomic E-state index is 15.0. The summed E-state index contributed by atoms with van der Waals surface area (Å²) in [5, 5.41) is 23.1. The molecule has 1 aliphatic heterocycles. The first kappa shape index (κ1) is 27.3. The summed E-state index contributed by atoms with van der Waals surface area (Å²) in [7, 11) is 0. The van der Waals surface area contributed by atoms with E-state index in [4.69, 9.17) is 28.5 Å². The van der Waals surface area contributed by atoms with E-state index in [-0.39, 0.29) is 34.0 Å². The first-order chi connectivity index (χ1) is 18.7. The summed E-state index contributed by atoms with van der Waals surface area (Å²) in [4.78, 5) is 42.8. The number of amidine groups is 1. The molecule has 1 aliphatic rings. The van der Waals surface area contributed by atoms with Gasteiger partial charge in [0.25, 0.3) is 11.8 Å². The molecule has 4 rings (SSSR count). The highest BCUT2D eigenvalue weighted by Gasteiger charge is 2.27. The second-order valence-corrected chi connectivity index (χ2v) is 9.25. The zero-order valence-electron chi connectivity index (χ0n) is 20.5. The number of benzene rings is 2. The first-order valence-electron chi connectivity index (χ1n) is 11.9. The number of likely N-dealkylation sites (tertiary alicyclic amines) is 1. The lowest BCUT2D eigenvalue weighted by atomic mass is 9.96. The predicted molar refractivity (Wildman–Crippen MR) is 145 cm³/mol. The van der Waals surface area contributed by atoms with Crippen LogP contribution in [0.15, 0.2) is 54.7 Å². The van der Waals surface area contributed by atoms with Crippen LogP contribution >= 0.6 is 11.6 Å². The van der Waals surface area contributed by atoms with Crippen molar-refractivity contribution in [3.05, 3.63) is 87.8 Å². The smallest absolute Gasteiger partial charge is 0.306 e. The molecule has 1 saturated heterocycles. The van der Waals surface area contributed by atoms with Crippen LogP contribution < -0.4 is 10.6 Å². The third-order valence-corrected chi connectivity index (χ3v) is 6.52. The van der Waals surface area contributed by atoms with Gasteiger partial charge in [0.1, 0.15) is 17.5 Å². The van der Waals surface area contributed by atoms with Gasteiger partial charge < -0.3 is 20.6 Å². The molecule has 2 amide bonds. The van der Waals surface area contributed by atoms with Crippen molar-refractivity contribution < 1.29 is 23.9 Å². The minimum absolute atomic E-state index is 0.0409. The van der Waals surface area contributed by atoms with Gasteiger partial charge in [-0.2, -0.15) is 0 Å². The summed E-state index contributed by atoms with van der Waals surface area (Å²) in [5.74, 6) is -0.884. The number of carbonyl (C=O) groups excluding carboxylic acids is 2. The number of pyridine rings is 1. The molecule has 11 heteroatoms. The number of aromatic nitrogens is 1. The van der Waals surface area contributed by atoms with Crippen molar-refractivity contribution in [1.82, 2.24) is 9.88 Å². The number of aliphatic carboxylic acids is 1. The molecule has 0 bridgehead atoms. The van der Waals surface area contributed by atoms with Gasteiger partial charge in [0.05, 0.1) is 27.8 Å². The zero-order valence-corrected chi connectivity index (χ0v) is 21.3. The average Bonchev–Trinajstić information content (AvgIpc) is 2.93. The Morgan fingerprint density at radius 1 is 1.05 bits per heavy atom. The minimum Gasteiger partial charge on any atom is -0.481 e. The van der Waals surface area contributed by atoms with E-state index < -0.39 is 29.5 Å². The fraction of sp³-hybridized carbons (Fsp3) is 0.179. The Kier molecular flexibility index (Phi) is 8.22. The van der Waals surface area contributed by atoms with Gasteiger partial charge in [0.15, 0.2) is 0 Å². The van der Waals surface area contributed by atoms with Crippen molar-refractivity contribution in [2.75, 3.05) is 23.7 Å². The van der Waals surface area contributed by atoms with Crippen LogP contribution in [0.1, 0.15) is 44.7 Å². The van der Waals surface area contributed by atoms with Crippen LogP contribution in [0.4, 0.5) is 15.9 Å². The van der Waals surface area contributed by atoms with Gasteiger partial charge >= 0.3 is 5.97 Å². The number of piperidine rings is 1. The molecule has 4 N–H and O–H groups in total. The van der Waals surface area contributed by atoms with Crippen molar-refractivity contribution in [1.29, 1.82) is 5.41 Å². The summed E-state index contributed by atoms with van der Waals surface area (Å²) in [6, 6.07) is 11.2. The number of nitrogens with zero attached hydrogens (tertiary/aromatic N) is 2. The third kappa shape index (κ3) is 6.40. The van der Waals surface area contributed by atoms with Gasteiger partial charge in [-0.3, -0.25) is 19.8 Å². The minimum atomic E-state index is -0.862.